The van der Waals surface area contributed by atoms with Crippen LogP contribution in [-0.2, 0) is 0 Å². The number of nitrogens with zero attached hydrogens (tertiary/aromatic N) is 1. The number of halogens is 7. The number of ether oxygens (including phenoxy) is 2. The van der Waals surface area contributed by atoms with E-state index < -0.39 is 24.6 Å². The standard InChI is InChI=1S/C14H17F5N2O2.2ClH/c1-22-11-3-2-9(23-14(17,18)19)8-10(11)12(13(15)16)21-6-4-20-5-7-21;;/h2-3,8,12-13,20H,4-7H2,1H3;2*1H/t12-;;/m0../s1. The van der Waals surface area contributed by atoms with Crippen LogP contribution in [0.3, 0.4) is 0 Å². The maximum absolute atomic E-state index is 13.6. The van der Waals surface area contributed by atoms with Gasteiger partial charge in [0.2, 0.25) is 0 Å². The molecule has 146 valence electrons. The second-order valence-electron chi connectivity index (χ2n) is 5.02. The van der Waals surface area contributed by atoms with E-state index in [0.29, 0.717) is 26.2 Å². The van der Waals surface area contributed by atoms with Crippen LogP contribution < -0.4 is 14.8 Å². The molecule has 0 aliphatic carbocycles. The summed E-state index contributed by atoms with van der Waals surface area (Å²) in [5, 5.41) is 3.04. The normalized spacial score (nSPS) is 16.6. The highest BCUT2D eigenvalue weighted by Crippen LogP contribution is 2.37. The Morgan fingerprint density at radius 1 is 1.12 bits per heavy atom. The van der Waals surface area contributed by atoms with Gasteiger partial charge in [0.1, 0.15) is 17.5 Å². The molecule has 0 unspecified atom stereocenters. The largest absolute Gasteiger partial charge is 0.573 e. The molecule has 1 fully saturated rings. The Morgan fingerprint density at radius 3 is 2.20 bits per heavy atom. The van der Waals surface area contributed by atoms with Crippen LogP contribution in [0.2, 0.25) is 0 Å². The number of hydrogen-bond acceptors (Lipinski definition) is 4. The SMILES string of the molecule is COc1ccc(OC(F)(F)F)cc1[C@@H](C(F)F)N1CCNCC1.Cl.Cl. The van der Waals surface area contributed by atoms with Crippen LogP contribution in [0, 0.1) is 0 Å². The number of rotatable bonds is 5. The summed E-state index contributed by atoms with van der Waals surface area (Å²) in [7, 11) is 1.28. The fourth-order valence-corrected chi connectivity index (χ4v) is 2.59. The van der Waals surface area contributed by atoms with Gasteiger partial charge >= 0.3 is 6.36 Å². The molecule has 11 heteroatoms. The molecule has 1 atom stereocenters. The monoisotopic (exact) mass is 412 g/mol. The lowest BCUT2D eigenvalue weighted by atomic mass is 10.0. The fourth-order valence-electron chi connectivity index (χ4n) is 2.59. The first-order valence-electron chi connectivity index (χ1n) is 6.98. The van der Waals surface area contributed by atoms with Crippen molar-refractivity contribution in [3.63, 3.8) is 0 Å². The quantitative estimate of drug-likeness (QED) is 0.748. The van der Waals surface area contributed by atoms with Gasteiger partial charge in [0, 0.05) is 31.7 Å². The molecule has 4 nitrogen and oxygen atoms in total. The van der Waals surface area contributed by atoms with Gasteiger partial charge in [0.25, 0.3) is 6.43 Å². The van der Waals surface area contributed by atoms with Gasteiger partial charge in [-0.15, -0.1) is 38.0 Å². The topological polar surface area (TPSA) is 33.7 Å². The Morgan fingerprint density at radius 2 is 1.72 bits per heavy atom. The van der Waals surface area contributed by atoms with Gasteiger partial charge in [-0.1, -0.05) is 0 Å². The Balaban J connectivity index is 0.00000288. The Bertz CT molecular complexity index is 528. The highest BCUT2D eigenvalue weighted by Gasteiger charge is 2.35. The maximum Gasteiger partial charge on any atom is 0.573 e. The Hall–Kier alpha value is -1.03. The molecule has 1 aliphatic heterocycles. The van der Waals surface area contributed by atoms with Crippen molar-refractivity contribution in [2.75, 3.05) is 33.3 Å². The number of hydrogen-bond donors (Lipinski definition) is 1. The highest BCUT2D eigenvalue weighted by molar-refractivity contribution is 5.85. The van der Waals surface area contributed by atoms with Crippen molar-refractivity contribution in [1.82, 2.24) is 10.2 Å². The third-order valence-electron chi connectivity index (χ3n) is 3.54. The van der Waals surface area contributed by atoms with E-state index in [1.807, 2.05) is 0 Å². The van der Waals surface area contributed by atoms with Gasteiger partial charge in [-0.05, 0) is 18.2 Å². The van der Waals surface area contributed by atoms with E-state index in [1.165, 1.54) is 18.1 Å². The summed E-state index contributed by atoms with van der Waals surface area (Å²) in [6, 6.07) is 1.85. The van der Waals surface area contributed by atoms with Gasteiger partial charge in [-0.2, -0.15) is 0 Å². The summed E-state index contributed by atoms with van der Waals surface area (Å²) in [4.78, 5) is 1.52. The average Bonchev–Trinajstić information content (AvgIpc) is 2.47. The highest BCUT2D eigenvalue weighted by atomic mass is 35.5. The van der Waals surface area contributed by atoms with Crippen LogP contribution in [0.5, 0.6) is 11.5 Å². The number of benzene rings is 1. The summed E-state index contributed by atoms with van der Waals surface area (Å²) in [6.45, 7) is 1.79. The van der Waals surface area contributed by atoms with Gasteiger partial charge in [-0.25, -0.2) is 8.78 Å². The zero-order valence-electron chi connectivity index (χ0n) is 13.2. The molecule has 1 N–H and O–H groups in total. The number of piperazine rings is 1. The van der Waals surface area contributed by atoms with E-state index in [1.54, 1.807) is 0 Å². The average molecular weight is 413 g/mol. The van der Waals surface area contributed by atoms with Crippen molar-refractivity contribution >= 4 is 24.8 Å². The fraction of sp³-hybridized carbons (Fsp3) is 0.571. The summed E-state index contributed by atoms with van der Waals surface area (Å²) in [6.07, 6.45) is -7.66. The maximum atomic E-state index is 13.6. The van der Waals surface area contributed by atoms with Gasteiger partial charge < -0.3 is 14.8 Å². The molecule has 1 heterocycles. The molecule has 0 aromatic heterocycles. The molecule has 0 amide bonds. The van der Waals surface area contributed by atoms with E-state index in [9.17, 15) is 22.0 Å². The molecular weight excluding hydrogens is 394 g/mol. The minimum atomic E-state index is -4.89. The Labute approximate surface area is 154 Å². The minimum absolute atomic E-state index is 0. The predicted molar refractivity (Wildman–Crippen MR) is 87.4 cm³/mol. The van der Waals surface area contributed by atoms with Crippen LogP contribution in [0.4, 0.5) is 22.0 Å². The van der Waals surface area contributed by atoms with E-state index in [2.05, 4.69) is 10.1 Å². The first kappa shape index (κ1) is 24.0. The van der Waals surface area contributed by atoms with Gasteiger partial charge in [0.15, 0.2) is 0 Å². The van der Waals surface area contributed by atoms with E-state index in [4.69, 9.17) is 4.74 Å². The molecule has 0 bridgehead atoms. The van der Waals surface area contributed by atoms with Crippen molar-refractivity contribution in [2.45, 2.75) is 18.8 Å². The second-order valence-corrected chi connectivity index (χ2v) is 5.02. The molecule has 1 aliphatic rings. The van der Waals surface area contributed by atoms with Crippen molar-refractivity contribution in [2.24, 2.45) is 0 Å². The van der Waals surface area contributed by atoms with Crippen LogP contribution in [0.25, 0.3) is 0 Å². The van der Waals surface area contributed by atoms with Crippen LogP contribution in [0.1, 0.15) is 11.6 Å². The number of methoxy groups -OCH3 is 1. The summed E-state index contributed by atoms with van der Waals surface area (Å²) >= 11 is 0. The lowest BCUT2D eigenvalue weighted by Crippen LogP contribution is -2.47. The number of nitrogens with one attached hydrogen (secondary N) is 1. The lowest BCUT2D eigenvalue weighted by molar-refractivity contribution is -0.274. The molecular formula is C14H19Cl2F5N2O2. The molecule has 0 saturated carbocycles. The first-order valence-corrected chi connectivity index (χ1v) is 6.98. The van der Waals surface area contributed by atoms with Crippen LogP contribution >= 0.6 is 24.8 Å². The summed E-state index contributed by atoms with van der Waals surface area (Å²) in [5.74, 6) is -0.447. The third kappa shape index (κ3) is 6.65. The van der Waals surface area contributed by atoms with Gasteiger partial charge in [-0.3, -0.25) is 4.90 Å². The van der Waals surface area contributed by atoms with Crippen LogP contribution in [0.15, 0.2) is 18.2 Å². The van der Waals surface area contributed by atoms with Gasteiger partial charge in [0.05, 0.1) is 7.11 Å². The molecule has 0 spiro atoms. The zero-order valence-corrected chi connectivity index (χ0v) is 14.8. The molecule has 25 heavy (non-hydrogen) atoms. The molecule has 1 saturated heterocycles. The van der Waals surface area contributed by atoms with Crippen molar-refractivity contribution in [3.8, 4) is 11.5 Å². The number of alkyl halides is 5. The minimum Gasteiger partial charge on any atom is -0.496 e. The van der Waals surface area contributed by atoms with E-state index in [-0.39, 0.29) is 36.1 Å². The van der Waals surface area contributed by atoms with Crippen molar-refractivity contribution in [1.29, 1.82) is 0 Å². The lowest BCUT2D eigenvalue weighted by Gasteiger charge is -2.35. The van der Waals surface area contributed by atoms with E-state index >= 15 is 0 Å². The molecule has 0 radical (unpaired) electrons. The second kappa shape index (κ2) is 10.2. The first-order chi connectivity index (χ1) is 10.8. The summed E-state index contributed by atoms with van der Waals surface area (Å²) in [5.41, 5.74) is -0.0221. The molecule has 1 aromatic rings. The van der Waals surface area contributed by atoms with Crippen LogP contribution in [-0.4, -0.2) is 51.0 Å². The van der Waals surface area contributed by atoms with Crippen molar-refractivity contribution in [3.05, 3.63) is 23.8 Å². The summed E-state index contributed by atoms with van der Waals surface area (Å²) < 4.78 is 73.1. The zero-order chi connectivity index (χ0) is 17.0. The predicted octanol–water partition coefficient (Wildman–Crippen LogP) is 3.65. The third-order valence-corrected chi connectivity index (χ3v) is 3.54. The smallest absolute Gasteiger partial charge is 0.496 e. The Kier molecular flexibility index (Phi) is 9.78. The van der Waals surface area contributed by atoms with E-state index in [0.717, 1.165) is 12.1 Å². The van der Waals surface area contributed by atoms with Crippen molar-refractivity contribution < 1.29 is 31.4 Å². The molecule has 2 rings (SSSR count). The molecule has 1 aromatic carbocycles.